The smallest absolute Gasteiger partial charge is 0.256 e. The first-order chi connectivity index (χ1) is 17.0. The number of hydrogen-bond acceptors (Lipinski definition) is 5. The molecule has 0 N–H and O–H groups in total. The van der Waals surface area contributed by atoms with Gasteiger partial charge in [-0.25, -0.2) is 9.29 Å². The number of benzene rings is 2. The van der Waals surface area contributed by atoms with E-state index >= 15 is 0 Å². The van der Waals surface area contributed by atoms with E-state index in [2.05, 4.69) is 6.92 Å². The summed E-state index contributed by atoms with van der Waals surface area (Å²) in [4.78, 5) is 43.3. The molecule has 2 aliphatic heterocycles. The number of unbranched alkanes of at least 4 members (excludes halogenated alkanes) is 3. The summed E-state index contributed by atoms with van der Waals surface area (Å²) < 4.78 is 19.7. The summed E-state index contributed by atoms with van der Waals surface area (Å²) in [5, 5.41) is 0. The van der Waals surface area contributed by atoms with Gasteiger partial charge in [0.2, 0.25) is 5.91 Å². The second-order valence-corrected chi connectivity index (χ2v) is 9.00. The first-order valence-corrected chi connectivity index (χ1v) is 12.4. The van der Waals surface area contributed by atoms with Crippen LogP contribution in [0.5, 0.6) is 5.75 Å². The number of hydrogen-bond donors (Lipinski definition) is 0. The molecule has 1 atom stereocenters. The van der Waals surface area contributed by atoms with Gasteiger partial charge in [0.1, 0.15) is 11.6 Å². The highest BCUT2D eigenvalue weighted by atomic mass is 19.1. The van der Waals surface area contributed by atoms with Gasteiger partial charge in [-0.15, -0.1) is 0 Å². The monoisotopic (exact) mass is 481 g/mol. The second-order valence-electron chi connectivity index (χ2n) is 9.00. The van der Waals surface area contributed by atoms with Crippen LogP contribution in [0.4, 0.5) is 10.1 Å². The molecular weight excluding hydrogens is 449 g/mol. The lowest BCUT2D eigenvalue weighted by Crippen LogP contribution is -2.54. The van der Waals surface area contributed by atoms with Crippen molar-refractivity contribution in [2.24, 2.45) is 0 Å². The minimum absolute atomic E-state index is 0.0487. The zero-order chi connectivity index (χ0) is 24.8. The van der Waals surface area contributed by atoms with E-state index in [1.807, 2.05) is 4.90 Å². The first kappa shape index (κ1) is 24.9. The molecule has 0 unspecified atom stereocenters. The number of rotatable bonds is 9. The van der Waals surface area contributed by atoms with E-state index in [4.69, 9.17) is 4.74 Å². The maximum atomic E-state index is 14.0. The number of amides is 3. The number of piperazine rings is 1. The number of carbonyl (C=O) groups is 3. The van der Waals surface area contributed by atoms with Gasteiger partial charge in [-0.1, -0.05) is 38.3 Å². The minimum atomic E-state index is -0.553. The van der Waals surface area contributed by atoms with E-state index in [0.29, 0.717) is 38.5 Å². The van der Waals surface area contributed by atoms with Crippen molar-refractivity contribution in [2.75, 3.05) is 37.7 Å². The number of carbonyl (C=O) groups excluding carboxylic acids is 3. The van der Waals surface area contributed by atoms with Crippen molar-refractivity contribution in [3.63, 3.8) is 0 Å². The predicted octanol–water partition coefficient (Wildman–Crippen LogP) is 3.87. The molecule has 0 spiro atoms. The largest absolute Gasteiger partial charge is 0.494 e. The van der Waals surface area contributed by atoms with E-state index in [-0.39, 0.29) is 29.7 Å². The maximum Gasteiger partial charge on any atom is 0.256 e. The van der Waals surface area contributed by atoms with Crippen LogP contribution in [-0.4, -0.2) is 66.3 Å². The van der Waals surface area contributed by atoms with Gasteiger partial charge in [-0.05, 0) is 42.8 Å². The van der Waals surface area contributed by atoms with Gasteiger partial charge in [0.15, 0.2) is 0 Å². The van der Waals surface area contributed by atoms with E-state index < -0.39 is 11.9 Å². The molecule has 2 aliphatic rings. The molecule has 3 amide bonds. The molecule has 0 bridgehead atoms. The van der Waals surface area contributed by atoms with Crippen molar-refractivity contribution < 1.29 is 23.5 Å². The van der Waals surface area contributed by atoms with Crippen molar-refractivity contribution in [3.8, 4) is 5.75 Å². The lowest BCUT2D eigenvalue weighted by molar-refractivity contribution is -0.123. The number of imide groups is 1. The Morgan fingerprint density at radius 2 is 1.69 bits per heavy atom. The molecule has 35 heavy (non-hydrogen) atoms. The van der Waals surface area contributed by atoms with E-state index in [9.17, 15) is 18.8 Å². The van der Waals surface area contributed by atoms with Crippen LogP contribution in [0.15, 0.2) is 48.5 Å². The number of nitrogens with zero attached hydrogens (tertiary/aromatic N) is 3. The van der Waals surface area contributed by atoms with Gasteiger partial charge in [-0.3, -0.25) is 19.3 Å². The van der Waals surface area contributed by atoms with Crippen LogP contribution in [0, 0.1) is 5.82 Å². The molecule has 2 saturated heterocycles. The second kappa shape index (κ2) is 11.4. The van der Waals surface area contributed by atoms with Crippen LogP contribution in [0.25, 0.3) is 0 Å². The van der Waals surface area contributed by atoms with Crippen LogP contribution >= 0.6 is 0 Å². The molecule has 0 saturated carbocycles. The molecule has 2 aromatic carbocycles. The molecule has 8 heteroatoms. The maximum absolute atomic E-state index is 14.0. The molecular formula is C27H32FN3O4. The molecule has 0 aliphatic carbocycles. The summed E-state index contributed by atoms with van der Waals surface area (Å²) in [5.41, 5.74) is 0.585. The third-order valence-electron chi connectivity index (χ3n) is 6.63. The van der Waals surface area contributed by atoms with Crippen LogP contribution < -0.4 is 9.64 Å². The quantitative estimate of drug-likeness (QED) is 0.402. The van der Waals surface area contributed by atoms with Gasteiger partial charge in [-0.2, -0.15) is 0 Å². The standard InChI is InChI=1S/C27H32FN3O4/c1-2-3-4-7-18-35-21-12-10-20(11-13-21)31-25(32)19-24(27(31)34)29-14-16-30(17-15-29)26(33)22-8-5-6-9-23(22)28/h5-6,8-13,24H,2-4,7,14-19H2,1H3/t24-/m0/s1. The summed E-state index contributed by atoms with van der Waals surface area (Å²) in [6, 6.07) is 12.4. The zero-order valence-corrected chi connectivity index (χ0v) is 20.1. The lowest BCUT2D eigenvalue weighted by Gasteiger charge is -2.37. The van der Waals surface area contributed by atoms with Crippen LogP contribution in [0.3, 0.4) is 0 Å². The highest BCUT2D eigenvalue weighted by Gasteiger charge is 2.43. The summed E-state index contributed by atoms with van der Waals surface area (Å²) in [6.07, 6.45) is 4.61. The normalized spacial score (nSPS) is 18.9. The highest BCUT2D eigenvalue weighted by Crippen LogP contribution is 2.28. The first-order valence-electron chi connectivity index (χ1n) is 12.4. The fraction of sp³-hybridized carbons (Fsp3) is 0.444. The molecule has 0 aromatic heterocycles. The van der Waals surface area contributed by atoms with Gasteiger partial charge in [0, 0.05) is 26.2 Å². The van der Waals surface area contributed by atoms with Crippen LogP contribution in [0.1, 0.15) is 49.4 Å². The average molecular weight is 482 g/mol. The molecule has 4 rings (SSSR count). The Balaban J connectivity index is 1.32. The average Bonchev–Trinajstić information content (AvgIpc) is 3.18. The Kier molecular flexibility index (Phi) is 8.13. The van der Waals surface area contributed by atoms with Crippen molar-refractivity contribution in [3.05, 3.63) is 59.9 Å². The van der Waals surface area contributed by atoms with Gasteiger partial charge in [0.05, 0.1) is 30.3 Å². The Morgan fingerprint density at radius 1 is 0.971 bits per heavy atom. The molecule has 7 nitrogen and oxygen atoms in total. The minimum Gasteiger partial charge on any atom is -0.494 e. The third-order valence-corrected chi connectivity index (χ3v) is 6.63. The highest BCUT2D eigenvalue weighted by molar-refractivity contribution is 6.22. The SMILES string of the molecule is CCCCCCOc1ccc(N2C(=O)C[C@H](N3CCN(C(=O)c4ccccc4F)CC3)C2=O)cc1. The molecule has 2 aromatic rings. The van der Waals surface area contributed by atoms with Gasteiger partial charge in [0.25, 0.3) is 11.8 Å². The van der Waals surface area contributed by atoms with Crippen LogP contribution in [0.2, 0.25) is 0 Å². The summed E-state index contributed by atoms with van der Waals surface area (Å²) >= 11 is 0. The van der Waals surface area contributed by atoms with E-state index in [1.54, 1.807) is 41.3 Å². The summed E-state index contributed by atoms with van der Waals surface area (Å²) in [7, 11) is 0. The zero-order valence-electron chi connectivity index (χ0n) is 20.1. The summed E-state index contributed by atoms with van der Waals surface area (Å²) in [6.45, 7) is 4.45. The number of halogens is 1. The fourth-order valence-electron chi connectivity index (χ4n) is 4.62. The molecule has 2 heterocycles. The Labute approximate surface area is 205 Å². The molecule has 0 radical (unpaired) electrons. The third kappa shape index (κ3) is 5.70. The number of anilines is 1. The van der Waals surface area contributed by atoms with Crippen LogP contribution in [-0.2, 0) is 9.59 Å². The lowest BCUT2D eigenvalue weighted by atomic mass is 10.1. The Hall–Kier alpha value is -3.26. The van der Waals surface area contributed by atoms with Gasteiger partial charge >= 0.3 is 0 Å². The molecule has 186 valence electrons. The fourth-order valence-corrected chi connectivity index (χ4v) is 4.62. The predicted molar refractivity (Wildman–Crippen MR) is 131 cm³/mol. The Morgan fingerprint density at radius 3 is 2.37 bits per heavy atom. The van der Waals surface area contributed by atoms with Crippen molar-refractivity contribution in [1.82, 2.24) is 9.80 Å². The topological polar surface area (TPSA) is 70.2 Å². The van der Waals surface area contributed by atoms with E-state index in [0.717, 1.165) is 18.6 Å². The van der Waals surface area contributed by atoms with Crippen molar-refractivity contribution >= 4 is 23.4 Å². The van der Waals surface area contributed by atoms with Gasteiger partial charge < -0.3 is 9.64 Å². The summed E-state index contributed by atoms with van der Waals surface area (Å²) in [5.74, 6) is -0.669. The van der Waals surface area contributed by atoms with E-state index in [1.165, 1.54) is 29.9 Å². The Bertz CT molecular complexity index is 1050. The number of ether oxygens (including phenoxy) is 1. The van der Waals surface area contributed by atoms with Crippen molar-refractivity contribution in [2.45, 2.75) is 45.1 Å². The molecule has 2 fully saturated rings. The van der Waals surface area contributed by atoms with Crippen molar-refractivity contribution in [1.29, 1.82) is 0 Å².